The second kappa shape index (κ2) is 7.13. The molecule has 114 valence electrons. The first-order chi connectivity index (χ1) is 10.0. The molecular weight excluding hydrogens is 311 g/mol. The zero-order valence-electron chi connectivity index (χ0n) is 11.6. The predicted molar refractivity (Wildman–Crippen MR) is 82.4 cm³/mol. The van der Waals surface area contributed by atoms with Gasteiger partial charge in [0.1, 0.15) is 10.0 Å². The molecule has 0 spiro atoms. The van der Waals surface area contributed by atoms with Gasteiger partial charge in [-0.2, -0.15) is 0 Å². The summed E-state index contributed by atoms with van der Waals surface area (Å²) in [7, 11) is -1.75. The Morgan fingerprint density at radius 1 is 1.19 bits per heavy atom. The number of rotatable bonds is 7. The molecule has 0 bridgehead atoms. The van der Waals surface area contributed by atoms with Crippen molar-refractivity contribution in [2.45, 2.75) is 17.2 Å². The zero-order valence-corrected chi connectivity index (χ0v) is 13.2. The van der Waals surface area contributed by atoms with Crippen LogP contribution in [0.4, 0.5) is 4.39 Å². The number of likely N-dealkylation sites (N-methyl/N-ethyl adjacent to an activating group) is 1. The molecule has 1 heterocycles. The van der Waals surface area contributed by atoms with Gasteiger partial charge in [-0.3, -0.25) is 0 Å². The molecule has 0 aliphatic heterocycles. The summed E-state index contributed by atoms with van der Waals surface area (Å²) in [4.78, 5) is 0.996. The molecule has 0 saturated heterocycles. The summed E-state index contributed by atoms with van der Waals surface area (Å²) in [6.07, 6.45) is 0.782. The van der Waals surface area contributed by atoms with Crippen molar-refractivity contribution in [2.75, 3.05) is 13.6 Å². The predicted octanol–water partition coefficient (Wildman–Crippen LogP) is 2.13. The number of halogens is 1. The maximum atomic E-state index is 13.5. The highest BCUT2D eigenvalue weighted by molar-refractivity contribution is 7.91. The number of nitrogens with one attached hydrogen (secondary N) is 2. The highest BCUT2D eigenvalue weighted by Gasteiger charge is 2.17. The molecule has 0 radical (unpaired) electrons. The molecule has 2 aromatic rings. The van der Waals surface area contributed by atoms with Gasteiger partial charge in [0, 0.05) is 17.0 Å². The fourth-order valence-corrected chi connectivity index (χ4v) is 4.18. The first kappa shape index (κ1) is 16.1. The number of thiophene rings is 1. The average molecular weight is 328 g/mol. The van der Waals surface area contributed by atoms with Crippen molar-refractivity contribution in [3.63, 3.8) is 0 Å². The summed E-state index contributed by atoms with van der Waals surface area (Å²) in [6, 6.07) is 9.50. The molecule has 2 rings (SSSR count). The van der Waals surface area contributed by atoms with Gasteiger partial charge in [-0.25, -0.2) is 17.5 Å². The summed E-state index contributed by atoms with van der Waals surface area (Å²) in [5.74, 6) is -0.416. The van der Waals surface area contributed by atoms with E-state index in [0.29, 0.717) is 5.56 Å². The van der Waals surface area contributed by atoms with E-state index in [4.69, 9.17) is 0 Å². The molecule has 0 fully saturated rings. The molecule has 2 N–H and O–H groups in total. The first-order valence-corrected chi connectivity index (χ1v) is 8.79. The lowest BCUT2D eigenvalue weighted by atomic mass is 10.2. The Kier molecular flexibility index (Phi) is 5.46. The normalized spacial score (nSPS) is 11.7. The Morgan fingerprint density at radius 3 is 2.67 bits per heavy atom. The lowest BCUT2D eigenvalue weighted by molar-refractivity contribution is 0.576. The lowest BCUT2D eigenvalue weighted by Gasteiger charge is -2.05. The van der Waals surface area contributed by atoms with E-state index in [2.05, 4.69) is 10.0 Å². The second-order valence-electron chi connectivity index (χ2n) is 4.49. The summed E-state index contributed by atoms with van der Waals surface area (Å²) < 4.78 is 40.5. The average Bonchev–Trinajstić information content (AvgIpc) is 2.94. The first-order valence-electron chi connectivity index (χ1n) is 6.49. The third kappa shape index (κ3) is 4.34. The third-order valence-electron chi connectivity index (χ3n) is 2.93. The Morgan fingerprint density at radius 2 is 1.95 bits per heavy atom. The monoisotopic (exact) mass is 328 g/mol. The largest absolute Gasteiger partial charge is 0.319 e. The van der Waals surface area contributed by atoms with Crippen LogP contribution in [0.1, 0.15) is 10.4 Å². The Hall–Kier alpha value is -1.28. The van der Waals surface area contributed by atoms with Gasteiger partial charge in [0.05, 0.1) is 0 Å². The highest BCUT2D eigenvalue weighted by Crippen LogP contribution is 2.22. The molecule has 1 aromatic carbocycles. The van der Waals surface area contributed by atoms with Gasteiger partial charge in [-0.05, 0) is 38.2 Å². The van der Waals surface area contributed by atoms with Crippen LogP contribution in [0.15, 0.2) is 40.6 Å². The van der Waals surface area contributed by atoms with E-state index in [-0.39, 0.29) is 10.8 Å². The molecule has 7 heteroatoms. The minimum atomic E-state index is -3.60. The molecule has 0 aliphatic carbocycles. The van der Waals surface area contributed by atoms with Crippen LogP contribution in [0, 0.1) is 5.82 Å². The number of sulfonamides is 1. The standard InChI is InChI=1S/C14H17FN2O2S2/c1-16-9-8-12-6-7-14(20-12)21(18,19)17-10-11-4-2-3-5-13(11)15/h2-7,16-17H,8-10H2,1H3. The van der Waals surface area contributed by atoms with Gasteiger partial charge in [-0.15, -0.1) is 11.3 Å². The van der Waals surface area contributed by atoms with E-state index in [1.165, 1.54) is 17.4 Å². The summed E-state index contributed by atoms with van der Waals surface area (Å²) in [5.41, 5.74) is 0.327. The van der Waals surface area contributed by atoms with E-state index in [1.807, 2.05) is 7.05 Å². The topological polar surface area (TPSA) is 58.2 Å². The van der Waals surface area contributed by atoms with Gasteiger partial charge < -0.3 is 5.32 Å². The summed E-state index contributed by atoms with van der Waals surface area (Å²) >= 11 is 1.23. The molecule has 21 heavy (non-hydrogen) atoms. The highest BCUT2D eigenvalue weighted by atomic mass is 32.2. The zero-order chi connectivity index (χ0) is 15.3. The van der Waals surface area contributed by atoms with Gasteiger partial charge in [0.25, 0.3) is 0 Å². The van der Waals surface area contributed by atoms with Crippen molar-refractivity contribution in [2.24, 2.45) is 0 Å². The minimum Gasteiger partial charge on any atom is -0.319 e. The number of benzene rings is 1. The van der Waals surface area contributed by atoms with Crippen LogP contribution in [-0.2, 0) is 23.0 Å². The van der Waals surface area contributed by atoms with Gasteiger partial charge in [0.15, 0.2) is 0 Å². The van der Waals surface area contributed by atoms with E-state index < -0.39 is 15.8 Å². The third-order valence-corrected chi connectivity index (χ3v) is 5.97. The fourth-order valence-electron chi connectivity index (χ4n) is 1.77. The molecule has 0 aliphatic rings. The van der Waals surface area contributed by atoms with Crippen molar-refractivity contribution >= 4 is 21.4 Å². The molecule has 0 atom stereocenters. The van der Waals surface area contributed by atoms with Gasteiger partial charge >= 0.3 is 0 Å². The van der Waals surface area contributed by atoms with Crippen LogP contribution in [0.5, 0.6) is 0 Å². The van der Waals surface area contributed by atoms with Crippen LogP contribution < -0.4 is 10.0 Å². The summed E-state index contributed by atoms with van der Waals surface area (Å²) in [6.45, 7) is 0.738. The van der Waals surface area contributed by atoms with Crippen molar-refractivity contribution < 1.29 is 12.8 Å². The minimum absolute atomic E-state index is 0.0568. The Bertz CT molecular complexity index is 699. The van der Waals surface area contributed by atoms with Crippen molar-refractivity contribution in [3.05, 3.63) is 52.7 Å². The van der Waals surface area contributed by atoms with Gasteiger partial charge in [-0.1, -0.05) is 18.2 Å². The Labute approximate surface area is 128 Å². The molecular formula is C14H17FN2O2S2. The van der Waals surface area contributed by atoms with E-state index in [1.54, 1.807) is 30.3 Å². The second-order valence-corrected chi connectivity index (χ2v) is 7.65. The van der Waals surface area contributed by atoms with Crippen molar-refractivity contribution in [3.8, 4) is 0 Å². The van der Waals surface area contributed by atoms with Crippen LogP contribution >= 0.6 is 11.3 Å². The SMILES string of the molecule is CNCCc1ccc(S(=O)(=O)NCc2ccccc2F)s1. The van der Waals surface area contributed by atoms with E-state index in [0.717, 1.165) is 17.8 Å². The molecule has 0 saturated carbocycles. The molecule has 1 aromatic heterocycles. The van der Waals surface area contributed by atoms with Crippen LogP contribution in [0.25, 0.3) is 0 Å². The lowest BCUT2D eigenvalue weighted by Crippen LogP contribution is -2.22. The van der Waals surface area contributed by atoms with Gasteiger partial charge in [0.2, 0.25) is 10.0 Å². The van der Waals surface area contributed by atoms with E-state index >= 15 is 0 Å². The van der Waals surface area contributed by atoms with Crippen LogP contribution in [-0.4, -0.2) is 22.0 Å². The Balaban J connectivity index is 2.05. The van der Waals surface area contributed by atoms with Crippen LogP contribution in [0.2, 0.25) is 0 Å². The fraction of sp³-hybridized carbons (Fsp3) is 0.286. The number of hydrogen-bond acceptors (Lipinski definition) is 4. The maximum Gasteiger partial charge on any atom is 0.250 e. The quantitative estimate of drug-likeness (QED) is 0.818. The molecule has 0 unspecified atom stereocenters. The van der Waals surface area contributed by atoms with E-state index in [9.17, 15) is 12.8 Å². The maximum absolute atomic E-state index is 13.5. The van der Waals surface area contributed by atoms with Crippen molar-refractivity contribution in [1.29, 1.82) is 0 Å². The summed E-state index contributed by atoms with van der Waals surface area (Å²) in [5, 5.41) is 3.02. The number of hydrogen-bond donors (Lipinski definition) is 2. The van der Waals surface area contributed by atoms with Crippen LogP contribution in [0.3, 0.4) is 0 Å². The molecule has 0 amide bonds. The smallest absolute Gasteiger partial charge is 0.250 e. The molecule has 4 nitrogen and oxygen atoms in total. The van der Waals surface area contributed by atoms with Crippen molar-refractivity contribution in [1.82, 2.24) is 10.0 Å².